The summed E-state index contributed by atoms with van der Waals surface area (Å²) in [4.78, 5) is 4.35. The third-order valence-electron chi connectivity index (χ3n) is 5.55. The molecular formula is C22H25N3O. The maximum atomic E-state index is 8.87. The van der Waals surface area contributed by atoms with Crippen LogP contribution in [0.15, 0.2) is 64.6 Å². The van der Waals surface area contributed by atoms with Gasteiger partial charge in [0.25, 0.3) is 0 Å². The Balaban J connectivity index is 1.53. The van der Waals surface area contributed by atoms with Gasteiger partial charge in [-0.1, -0.05) is 30.4 Å². The van der Waals surface area contributed by atoms with Crippen LogP contribution in [0.5, 0.6) is 0 Å². The zero-order valence-electron chi connectivity index (χ0n) is 15.0. The van der Waals surface area contributed by atoms with E-state index in [0.717, 1.165) is 43.7 Å². The summed E-state index contributed by atoms with van der Waals surface area (Å²) in [6.45, 7) is 2.06. The van der Waals surface area contributed by atoms with Crippen molar-refractivity contribution in [1.29, 1.82) is 5.26 Å². The van der Waals surface area contributed by atoms with Gasteiger partial charge in [-0.2, -0.15) is 5.26 Å². The second-order valence-electron chi connectivity index (χ2n) is 7.34. The molecule has 1 N–H and O–H groups in total. The van der Waals surface area contributed by atoms with E-state index in [9.17, 15) is 0 Å². The van der Waals surface area contributed by atoms with E-state index in [1.54, 1.807) is 0 Å². The number of nitrogens with one attached hydrogen (secondary N) is 1. The van der Waals surface area contributed by atoms with Crippen molar-refractivity contribution in [2.24, 2.45) is 22.7 Å². The fourth-order valence-corrected chi connectivity index (χ4v) is 4.05. The molecule has 1 saturated heterocycles. The topological polar surface area (TPSA) is 57.4 Å². The molecule has 0 aromatic carbocycles. The van der Waals surface area contributed by atoms with Crippen molar-refractivity contribution < 1.29 is 4.74 Å². The molecule has 3 unspecified atom stereocenters. The third kappa shape index (κ3) is 3.73. The second-order valence-corrected chi connectivity index (χ2v) is 7.34. The molecule has 4 aliphatic rings. The van der Waals surface area contributed by atoms with Crippen LogP contribution in [0.4, 0.5) is 0 Å². The minimum atomic E-state index is 0.218. The maximum absolute atomic E-state index is 8.87. The molecule has 0 aromatic rings. The van der Waals surface area contributed by atoms with Gasteiger partial charge in [0.1, 0.15) is 11.9 Å². The number of aliphatic imine (C=N–C) groups is 1. The monoisotopic (exact) mass is 347 g/mol. The fraction of sp³-hybridized carbons (Fsp3) is 0.455. The SMILES string of the molecule is N#CCC1=CCC(C2=CC3C=CN=CC3C(OC3CCNCC3)=C2)C=C1. The lowest BCUT2D eigenvalue weighted by Crippen LogP contribution is -2.34. The summed E-state index contributed by atoms with van der Waals surface area (Å²) in [6.07, 6.45) is 21.1. The van der Waals surface area contributed by atoms with Gasteiger partial charge in [-0.05, 0) is 49.6 Å². The van der Waals surface area contributed by atoms with Crippen molar-refractivity contribution in [3.8, 4) is 6.07 Å². The van der Waals surface area contributed by atoms with Crippen LogP contribution in [0.3, 0.4) is 0 Å². The molecule has 0 aromatic heterocycles. The van der Waals surface area contributed by atoms with E-state index in [1.807, 2.05) is 12.4 Å². The summed E-state index contributed by atoms with van der Waals surface area (Å²) in [5.74, 6) is 1.96. The number of rotatable bonds is 4. The Morgan fingerprint density at radius 1 is 1.27 bits per heavy atom. The molecule has 0 amide bonds. The molecule has 0 saturated carbocycles. The van der Waals surface area contributed by atoms with E-state index in [1.165, 1.54) is 5.57 Å². The molecule has 0 radical (unpaired) electrons. The average molecular weight is 347 g/mol. The van der Waals surface area contributed by atoms with Crippen LogP contribution in [0, 0.1) is 29.1 Å². The standard InChI is InChI=1S/C22H25N3O/c23-9-5-16-1-3-17(4-2-16)19-13-18-6-10-25-15-21(18)22(14-19)26-20-7-11-24-12-8-20/h1-3,6,10,13-15,17-18,20-21,24H,4-5,7-8,11-12H2. The van der Waals surface area contributed by atoms with E-state index in [0.29, 0.717) is 24.4 Å². The van der Waals surface area contributed by atoms with E-state index in [2.05, 4.69) is 52.8 Å². The zero-order valence-corrected chi connectivity index (χ0v) is 15.0. The number of fused-ring (bicyclic) bond motifs is 1. The van der Waals surface area contributed by atoms with Gasteiger partial charge in [0, 0.05) is 24.3 Å². The first-order valence-electron chi connectivity index (χ1n) is 9.58. The highest BCUT2D eigenvalue weighted by atomic mass is 16.5. The summed E-state index contributed by atoms with van der Waals surface area (Å²) < 4.78 is 6.46. The minimum Gasteiger partial charge on any atom is -0.494 e. The van der Waals surface area contributed by atoms with Crippen LogP contribution >= 0.6 is 0 Å². The molecule has 0 spiro atoms. The summed E-state index contributed by atoms with van der Waals surface area (Å²) in [7, 11) is 0. The highest BCUT2D eigenvalue weighted by molar-refractivity contribution is 5.69. The number of hydrogen-bond acceptors (Lipinski definition) is 4. The van der Waals surface area contributed by atoms with Crippen LogP contribution in [0.1, 0.15) is 25.7 Å². The minimum absolute atomic E-state index is 0.218. The maximum Gasteiger partial charge on any atom is 0.106 e. The number of nitrogens with zero attached hydrogens (tertiary/aromatic N) is 2. The van der Waals surface area contributed by atoms with Crippen molar-refractivity contribution >= 4 is 6.21 Å². The molecule has 26 heavy (non-hydrogen) atoms. The molecule has 4 rings (SSSR count). The van der Waals surface area contributed by atoms with Gasteiger partial charge in [-0.3, -0.25) is 4.99 Å². The summed E-state index contributed by atoms with van der Waals surface area (Å²) in [5.41, 5.74) is 2.44. The summed E-state index contributed by atoms with van der Waals surface area (Å²) in [6, 6.07) is 2.23. The molecule has 2 heterocycles. The van der Waals surface area contributed by atoms with Crippen molar-refractivity contribution in [1.82, 2.24) is 5.32 Å². The van der Waals surface area contributed by atoms with Crippen LogP contribution < -0.4 is 5.32 Å². The van der Waals surface area contributed by atoms with Gasteiger partial charge >= 0.3 is 0 Å². The summed E-state index contributed by atoms with van der Waals surface area (Å²) in [5, 5.41) is 12.3. The van der Waals surface area contributed by atoms with Crippen molar-refractivity contribution in [3.05, 3.63) is 59.6 Å². The van der Waals surface area contributed by atoms with E-state index < -0.39 is 0 Å². The van der Waals surface area contributed by atoms with Gasteiger partial charge in [0.05, 0.1) is 18.4 Å². The number of ether oxygens (including phenoxy) is 1. The number of hydrogen-bond donors (Lipinski definition) is 1. The molecule has 1 fully saturated rings. The van der Waals surface area contributed by atoms with Gasteiger partial charge in [0.15, 0.2) is 0 Å². The second kappa shape index (κ2) is 7.88. The first-order chi connectivity index (χ1) is 12.8. The molecule has 4 heteroatoms. The first kappa shape index (κ1) is 17.1. The molecule has 0 bridgehead atoms. The Morgan fingerprint density at radius 3 is 2.92 bits per heavy atom. The lowest BCUT2D eigenvalue weighted by atomic mass is 9.78. The average Bonchev–Trinajstić information content (AvgIpc) is 2.69. The van der Waals surface area contributed by atoms with E-state index in [-0.39, 0.29) is 5.92 Å². The fourth-order valence-electron chi connectivity index (χ4n) is 4.05. The first-order valence-corrected chi connectivity index (χ1v) is 9.58. The third-order valence-corrected chi connectivity index (χ3v) is 5.55. The van der Waals surface area contributed by atoms with Crippen molar-refractivity contribution in [2.75, 3.05) is 13.1 Å². The van der Waals surface area contributed by atoms with Gasteiger partial charge < -0.3 is 10.1 Å². The van der Waals surface area contributed by atoms with Gasteiger partial charge in [-0.25, -0.2) is 0 Å². The van der Waals surface area contributed by atoms with Crippen LogP contribution in [0.2, 0.25) is 0 Å². The molecular weight excluding hydrogens is 322 g/mol. The number of piperidine rings is 1. The Hall–Kier alpha value is -2.38. The quantitative estimate of drug-likeness (QED) is 0.841. The molecule has 2 aliphatic heterocycles. The molecule has 4 nitrogen and oxygen atoms in total. The van der Waals surface area contributed by atoms with Gasteiger partial charge in [-0.15, -0.1) is 0 Å². The molecule has 2 aliphatic carbocycles. The van der Waals surface area contributed by atoms with Crippen molar-refractivity contribution in [3.63, 3.8) is 0 Å². The Labute approximate surface area is 155 Å². The molecule has 134 valence electrons. The normalized spacial score (nSPS) is 30.7. The van der Waals surface area contributed by atoms with Crippen molar-refractivity contribution in [2.45, 2.75) is 31.8 Å². The smallest absolute Gasteiger partial charge is 0.106 e. The number of allylic oxidation sites excluding steroid dienone is 9. The Morgan fingerprint density at radius 2 is 2.15 bits per heavy atom. The lowest BCUT2D eigenvalue weighted by Gasteiger charge is -2.34. The van der Waals surface area contributed by atoms with Crippen LogP contribution in [-0.2, 0) is 4.74 Å². The zero-order chi connectivity index (χ0) is 17.8. The van der Waals surface area contributed by atoms with E-state index in [4.69, 9.17) is 10.00 Å². The predicted molar refractivity (Wildman–Crippen MR) is 103 cm³/mol. The number of nitriles is 1. The highest BCUT2D eigenvalue weighted by Crippen LogP contribution is 2.37. The summed E-state index contributed by atoms with van der Waals surface area (Å²) >= 11 is 0. The largest absolute Gasteiger partial charge is 0.494 e. The lowest BCUT2D eigenvalue weighted by molar-refractivity contribution is 0.0727. The molecule has 3 atom stereocenters. The Bertz CT molecular complexity index is 757. The van der Waals surface area contributed by atoms with Crippen LogP contribution in [-0.4, -0.2) is 25.4 Å². The predicted octanol–water partition coefficient (Wildman–Crippen LogP) is 3.83. The van der Waals surface area contributed by atoms with Gasteiger partial charge in [0.2, 0.25) is 0 Å². The van der Waals surface area contributed by atoms with E-state index >= 15 is 0 Å². The van der Waals surface area contributed by atoms with Crippen LogP contribution in [0.25, 0.3) is 0 Å². The highest BCUT2D eigenvalue weighted by Gasteiger charge is 2.31. The Kier molecular flexibility index (Phi) is 5.17.